The van der Waals surface area contributed by atoms with Crippen LogP contribution in [0, 0.1) is 0 Å². The molecule has 3 heteroatoms. The average molecular weight is 472 g/mol. The lowest BCUT2D eigenvalue weighted by Gasteiger charge is -2.13. The first kappa shape index (κ1) is 23.4. The Morgan fingerprint density at radius 1 is 0.611 bits per heavy atom. The molecule has 178 valence electrons. The summed E-state index contributed by atoms with van der Waals surface area (Å²) in [6, 6.07) is 40.7. The molecule has 0 saturated heterocycles. The standard InChI is InChI=1S/C33H29NO2/c35-33(36-25-28-17-9-3-10-18-28)32-30(29-19-11-4-12-20-29)24-34(23-27-15-7-2-8-16-27)31(32)22-21-26-13-5-1-6-14-26/h1-20,24H,21-23,25H2. The van der Waals surface area contributed by atoms with Gasteiger partial charge in [0.2, 0.25) is 0 Å². The molecule has 0 aliphatic carbocycles. The average Bonchev–Trinajstić information content (AvgIpc) is 3.30. The molecule has 4 aromatic carbocycles. The molecule has 0 amide bonds. The van der Waals surface area contributed by atoms with Crippen molar-refractivity contribution in [1.29, 1.82) is 0 Å². The number of esters is 1. The first-order valence-corrected chi connectivity index (χ1v) is 12.3. The van der Waals surface area contributed by atoms with Crippen molar-refractivity contribution in [2.45, 2.75) is 26.0 Å². The van der Waals surface area contributed by atoms with Crippen molar-refractivity contribution in [3.05, 3.63) is 155 Å². The Labute approximate surface area is 212 Å². The highest BCUT2D eigenvalue weighted by Gasteiger charge is 2.24. The monoisotopic (exact) mass is 471 g/mol. The third-order valence-corrected chi connectivity index (χ3v) is 6.38. The second kappa shape index (κ2) is 11.4. The summed E-state index contributed by atoms with van der Waals surface area (Å²) >= 11 is 0. The van der Waals surface area contributed by atoms with Gasteiger partial charge in [-0.05, 0) is 35.1 Å². The van der Waals surface area contributed by atoms with Gasteiger partial charge in [0.05, 0.1) is 5.56 Å². The summed E-state index contributed by atoms with van der Waals surface area (Å²) in [4.78, 5) is 13.7. The number of carbonyl (C=O) groups excluding carboxylic acids is 1. The molecule has 0 saturated carbocycles. The minimum atomic E-state index is -0.285. The van der Waals surface area contributed by atoms with Crippen molar-refractivity contribution < 1.29 is 9.53 Å². The maximum atomic E-state index is 13.7. The van der Waals surface area contributed by atoms with Gasteiger partial charge in [0.1, 0.15) is 6.61 Å². The van der Waals surface area contributed by atoms with E-state index >= 15 is 0 Å². The van der Waals surface area contributed by atoms with Gasteiger partial charge in [-0.2, -0.15) is 0 Å². The predicted molar refractivity (Wildman–Crippen MR) is 145 cm³/mol. The molecule has 5 aromatic rings. The number of ether oxygens (including phenoxy) is 1. The summed E-state index contributed by atoms with van der Waals surface area (Å²) in [7, 11) is 0. The molecular formula is C33H29NO2. The van der Waals surface area contributed by atoms with Gasteiger partial charge in [-0.15, -0.1) is 0 Å². The van der Waals surface area contributed by atoms with E-state index in [-0.39, 0.29) is 12.6 Å². The Bertz CT molecular complexity index is 1390. The largest absolute Gasteiger partial charge is 0.457 e. The lowest BCUT2D eigenvalue weighted by atomic mass is 10.00. The number of carbonyl (C=O) groups is 1. The fourth-order valence-corrected chi connectivity index (χ4v) is 4.55. The quantitative estimate of drug-likeness (QED) is 0.211. The summed E-state index contributed by atoms with van der Waals surface area (Å²) in [6.07, 6.45) is 3.69. The Kier molecular flexibility index (Phi) is 7.38. The highest BCUT2D eigenvalue weighted by atomic mass is 16.5. The first-order chi connectivity index (χ1) is 17.8. The van der Waals surface area contributed by atoms with Crippen LogP contribution in [0.15, 0.2) is 128 Å². The van der Waals surface area contributed by atoms with E-state index in [0.717, 1.165) is 35.2 Å². The molecule has 1 heterocycles. The van der Waals surface area contributed by atoms with Crippen LogP contribution in [-0.4, -0.2) is 10.5 Å². The zero-order chi connectivity index (χ0) is 24.6. The molecule has 3 nitrogen and oxygen atoms in total. The van der Waals surface area contributed by atoms with Crippen LogP contribution in [0.5, 0.6) is 0 Å². The molecule has 0 unspecified atom stereocenters. The third kappa shape index (κ3) is 5.64. The van der Waals surface area contributed by atoms with Gasteiger partial charge in [0.25, 0.3) is 0 Å². The maximum Gasteiger partial charge on any atom is 0.340 e. The molecule has 0 aliphatic heterocycles. The van der Waals surface area contributed by atoms with Crippen LogP contribution in [-0.2, 0) is 30.7 Å². The van der Waals surface area contributed by atoms with Gasteiger partial charge < -0.3 is 9.30 Å². The van der Waals surface area contributed by atoms with Crippen LogP contribution < -0.4 is 0 Å². The van der Waals surface area contributed by atoms with Crippen molar-refractivity contribution in [2.75, 3.05) is 0 Å². The van der Waals surface area contributed by atoms with Crippen LogP contribution in [0.4, 0.5) is 0 Å². The van der Waals surface area contributed by atoms with Crippen LogP contribution >= 0.6 is 0 Å². The highest BCUT2D eigenvalue weighted by Crippen LogP contribution is 2.31. The molecule has 0 N–H and O–H groups in total. The van der Waals surface area contributed by atoms with Crippen LogP contribution in [0.2, 0.25) is 0 Å². The van der Waals surface area contributed by atoms with Crippen molar-refractivity contribution >= 4 is 5.97 Å². The minimum Gasteiger partial charge on any atom is -0.457 e. The lowest BCUT2D eigenvalue weighted by molar-refractivity contribution is 0.0472. The maximum absolute atomic E-state index is 13.7. The number of nitrogens with zero attached hydrogens (tertiary/aromatic N) is 1. The Hall–Kier alpha value is -4.37. The number of hydrogen-bond acceptors (Lipinski definition) is 2. The zero-order valence-electron chi connectivity index (χ0n) is 20.2. The van der Waals surface area contributed by atoms with E-state index in [2.05, 4.69) is 71.4 Å². The van der Waals surface area contributed by atoms with Crippen molar-refractivity contribution in [3.63, 3.8) is 0 Å². The third-order valence-electron chi connectivity index (χ3n) is 6.38. The van der Waals surface area contributed by atoms with E-state index in [1.807, 2.05) is 60.7 Å². The number of aryl methyl sites for hydroxylation is 1. The van der Waals surface area contributed by atoms with Gasteiger partial charge in [-0.25, -0.2) is 4.79 Å². The molecule has 0 bridgehead atoms. The fraction of sp³-hybridized carbons (Fsp3) is 0.121. The van der Waals surface area contributed by atoms with Gasteiger partial charge in [-0.1, -0.05) is 121 Å². The van der Waals surface area contributed by atoms with Gasteiger partial charge in [0.15, 0.2) is 0 Å². The summed E-state index contributed by atoms with van der Waals surface area (Å²) in [5, 5.41) is 0. The number of aromatic nitrogens is 1. The smallest absolute Gasteiger partial charge is 0.340 e. The second-order valence-corrected chi connectivity index (χ2v) is 8.89. The molecule has 1 aromatic heterocycles. The molecule has 0 atom stereocenters. The summed E-state index contributed by atoms with van der Waals surface area (Å²) in [5.41, 5.74) is 6.99. The Morgan fingerprint density at radius 3 is 1.75 bits per heavy atom. The van der Waals surface area contributed by atoms with E-state index in [0.29, 0.717) is 12.1 Å². The lowest BCUT2D eigenvalue weighted by Crippen LogP contribution is -2.12. The van der Waals surface area contributed by atoms with Crippen LogP contribution in [0.3, 0.4) is 0 Å². The number of rotatable bonds is 9. The van der Waals surface area contributed by atoms with Gasteiger partial charge in [0, 0.05) is 24.0 Å². The minimum absolute atomic E-state index is 0.246. The highest BCUT2D eigenvalue weighted by molar-refractivity contribution is 5.99. The molecule has 36 heavy (non-hydrogen) atoms. The van der Waals surface area contributed by atoms with E-state index in [1.54, 1.807) is 0 Å². The van der Waals surface area contributed by atoms with Crippen LogP contribution in [0.25, 0.3) is 11.1 Å². The first-order valence-electron chi connectivity index (χ1n) is 12.3. The van der Waals surface area contributed by atoms with Crippen molar-refractivity contribution in [3.8, 4) is 11.1 Å². The van der Waals surface area contributed by atoms with E-state index in [4.69, 9.17) is 4.74 Å². The van der Waals surface area contributed by atoms with Crippen molar-refractivity contribution in [2.24, 2.45) is 0 Å². The Morgan fingerprint density at radius 2 is 1.14 bits per heavy atom. The van der Waals surface area contributed by atoms with Crippen molar-refractivity contribution in [1.82, 2.24) is 4.57 Å². The number of benzene rings is 4. The molecule has 0 spiro atoms. The predicted octanol–water partition coefficient (Wildman–Crippen LogP) is 7.35. The SMILES string of the molecule is O=C(OCc1ccccc1)c1c(-c2ccccc2)cn(Cc2ccccc2)c1CCc1ccccc1. The second-order valence-electron chi connectivity index (χ2n) is 8.89. The van der Waals surface area contributed by atoms with E-state index < -0.39 is 0 Å². The number of hydrogen-bond donors (Lipinski definition) is 0. The van der Waals surface area contributed by atoms with Gasteiger partial charge in [-0.3, -0.25) is 0 Å². The summed E-state index contributed by atoms with van der Waals surface area (Å²) in [5.74, 6) is -0.285. The summed E-state index contributed by atoms with van der Waals surface area (Å²) < 4.78 is 8.10. The fourth-order valence-electron chi connectivity index (χ4n) is 4.55. The van der Waals surface area contributed by atoms with E-state index in [9.17, 15) is 4.79 Å². The molecule has 0 radical (unpaired) electrons. The zero-order valence-corrected chi connectivity index (χ0v) is 20.2. The van der Waals surface area contributed by atoms with Crippen LogP contribution in [0.1, 0.15) is 32.7 Å². The molecule has 0 aliphatic rings. The molecular weight excluding hydrogens is 442 g/mol. The molecule has 5 rings (SSSR count). The normalized spacial score (nSPS) is 10.8. The Balaban J connectivity index is 1.55. The van der Waals surface area contributed by atoms with Gasteiger partial charge >= 0.3 is 5.97 Å². The topological polar surface area (TPSA) is 31.2 Å². The molecule has 0 fully saturated rings. The van der Waals surface area contributed by atoms with E-state index in [1.165, 1.54) is 11.1 Å². The summed E-state index contributed by atoms with van der Waals surface area (Å²) in [6.45, 7) is 0.937.